The quantitative estimate of drug-likeness (QED) is 0.624. The zero-order chi connectivity index (χ0) is 16.7. The molecule has 24 heavy (non-hydrogen) atoms. The van der Waals surface area contributed by atoms with Crippen LogP contribution < -0.4 is 5.01 Å². The van der Waals surface area contributed by atoms with Crippen molar-refractivity contribution in [2.24, 2.45) is 5.10 Å². The van der Waals surface area contributed by atoms with Gasteiger partial charge in [-0.3, -0.25) is 4.79 Å². The first-order chi connectivity index (χ1) is 11.6. The number of halogens is 1. The Balaban J connectivity index is 1.70. The van der Waals surface area contributed by atoms with E-state index in [4.69, 9.17) is 11.6 Å². The van der Waals surface area contributed by atoms with E-state index in [1.807, 2.05) is 49.4 Å². The number of fused-ring (bicyclic) bond motifs is 1. The summed E-state index contributed by atoms with van der Waals surface area (Å²) < 4.78 is 1.03. The van der Waals surface area contributed by atoms with Crippen molar-refractivity contribution in [1.29, 1.82) is 0 Å². The highest BCUT2D eigenvalue weighted by molar-refractivity contribution is 7.22. The van der Waals surface area contributed by atoms with Crippen molar-refractivity contribution in [3.8, 4) is 0 Å². The van der Waals surface area contributed by atoms with E-state index in [1.54, 1.807) is 12.1 Å². The highest BCUT2D eigenvalue weighted by atomic mass is 35.5. The minimum Gasteiger partial charge on any atom is -0.267 e. The molecule has 0 radical (unpaired) electrons. The smallest absolute Gasteiger partial charge is 0.267 e. The molecule has 2 heterocycles. The molecule has 0 aliphatic carbocycles. The fraction of sp³-hybridized carbons (Fsp3) is 0.0556. The fourth-order valence-corrected chi connectivity index (χ4v) is 3.53. The molecule has 118 valence electrons. The third kappa shape index (κ3) is 2.62. The fourth-order valence-electron chi connectivity index (χ4n) is 2.49. The molecule has 3 aromatic rings. The van der Waals surface area contributed by atoms with E-state index < -0.39 is 0 Å². The monoisotopic (exact) mass is 353 g/mol. The average Bonchev–Trinajstić information content (AvgIpc) is 3.12. The summed E-state index contributed by atoms with van der Waals surface area (Å²) in [5.74, 6) is -0.165. The third-order valence-electron chi connectivity index (χ3n) is 3.71. The summed E-state index contributed by atoms with van der Waals surface area (Å²) in [5.41, 5.74) is 3.02. The molecule has 4 rings (SSSR count). The molecule has 1 amide bonds. The van der Waals surface area contributed by atoms with Gasteiger partial charge in [-0.15, -0.1) is 0 Å². The number of carbonyl (C=O) groups is 1. The SMILES string of the molecule is CC1=NN(c2nc3ccccc3s2)C(=O)C1=Cc1ccc(Cl)cc1. The lowest BCUT2D eigenvalue weighted by atomic mass is 10.1. The van der Waals surface area contributed by atoms with Crippen LogP contribution in [0, 0.1) is 0 Å². The van der Waals surface area contributed by atoms with Crippen LogP contribution in [0.1, 0.15) is 12.5 Å². The van der Waals surface area contributed by atoms with Crippen molar-refractivity contribution < 1.29 is 4.79 Å². The van der Waals surface area contributed by atoms with E-state index in [0.717, 1.165) is 15.8 Å². The van der Waals surface area contributed by atoms with Crippen LogP contribution in [-0.4, -0.2) is 16.6 Å². The lowest BCUT2D eigenvalue weighted by molar-refractivity contribution is -0.114. The van der Waals surface area contributed by atoms with Crippen molar-refractivity contribution in [3.63, 3.8) is 0 Å². The maximum absolute atomic E-state index is 12.7. The number of hydrogen-bond donors (Lipinski definition) is 0. The normalized spacial score (nSPS) is 16.2. The van der Waals surface area contributed by atoms with Crippen molar-refractivity contribution >= 4 is 56.0 Å². The number of hydrazone groups is 1. The van der Waals surface area contributed by atoms with Gasteiger partial charge >= 0.3 is 0 Å². The second-order valence-electron chi connectivity index (χ2n) is 5.38. The summed E-state index contributed by atoms with van der Waals surface area (Å²) in [6, 6.07) is 15.1. The molecular weight excluding hydrogens is 342 g/mol. The van der Waals surface area contributed by atoms with Gasteiger partial charge in [0.15, 0.2) is 0 Å². The second kappa shape index (κ2) is 5.85. The Labute approximate surface area is 147 Å². The van der Waals surface area contributed by atoms with E-state index in [1.165, 1.54) is 16.3 Å². The highest BCUT2D eigenvalue weighted by Crippen LogP contribution is 2.32. The average molecular weight is 354 g/mol. The molecule has 0 N–H and O–H groups in total. The molecule has 0 spiro atoms. The standard InChI is InChI=1S/C18H12ClN3OS/c1-11-14(10-12-6-8-13(19)9-7-12)17(23)22(21-11)18-20-15-4-2-3-5-16(15)24-18/h2-10H,1H3. The van der Waals surface area contributed by atoms with Crippen LogP contribution in [0.3, 0.4) is 0 Å². The molecule has 0 bridgehead atoms. The maximum atomic E-state index is 12.7. The highest BCUT2D eigenvalue weighted by Gasteiger charge is 2.30. The number of aromatic nitrogens is 1. The topological polar surface area (TPSA) is 45.6 Å². The van der Waals surface area contributed by atoms with Gasteiger partial charge in [-0.05, 0) is 42.8 Å². The van der Waals surface area contributed by atoms with Crippen LogP contribution in [0.25, 0.3) is 16.3 Å². The molecule has 1 aliphatic rings. The van der Waals surface area contributed by atoms with E-state index >= 15 is 0 Å². The zero-order valence-corrected chi connectivity index (χ0v) is 14.3. The Morgan fingerprint density at radius 3 is 2.62 bits per heavy atom. The number of benzene rings is 2. The number of amides is 1. The van der Waals surface area contributed by atoms with Crippen molar-refractivity contribution in [1.82, 2.24) is 4.98 Å². The van der Waals surface area contributed by atoms with Gasteiger partial charge < -0.3 is 0 Å². The summed E-state index contributed by atoms with van der Waals surface area (Å²) in [6.45, 7) is 1.83. The van der Waals surface area contributed by atoms with Gasteiger partial charge in [0.05, 0.1) is 21.5 Å². The van der Waals surface area contributed by atoms with E-state index in [9.17, 15) is 4.79 Å². The van der Waals surface area contributed by atoms with Gasteiger partial charge in [-0.25, -0.2) is 4.98 Å². The summed E-state index contributed by atoms with van der Waals surface area (Å²) in [4.78, 5) is 17.3. The first-order valence-corrected chi connectivity index (χ1v) is 8.54. The third-order valence-corrected chi connectivity index (χ3v) is 4.97. The second-order valence-corrected chi connectivity index (χ2v) is 6.82. The maximum Gasteiger partial charge on any atom is 0.282 e. The van der Waals surface area contributed by atoms with Gasteiger partial charge in [0, 0.05) is 5.02 Å². The van der Waals surface area contributed by atoms with E-state index in [-0.39, 0.29) is 5.91 Å². The first-order valence-electron chi connectivity index (χ1n) is 7.35. The molecule has 6 heteroatoms. The largest absolute Gasteiger partial charge is 0.282 e. The Morgan fingerprint density at radius 2 is 1.88 bits per heavy atom. The van der Waals surface area contributed by atoms with Crippen LogP contribution in [-0.2, 0) is 4.79 Å². The Bertz CT molecular complexity index is 972. The Hall–Kier alpha value is -2.50. The number of rotatable bonds is 2. The Morgan fingerprint density at radius 1 is 1.12 bits per heavy atom. The molecule has 0 fully saturated rings. The number of nitrogens with zero attached hydrogens (tertiary/aromatic N) is 3. The molecule has 0 unspecified atom stereocenters. The summed E-state index contributed by atoms with van der Waals surface area (Å²) in [5, 5.41) is 7.01. The lowest BCUT2D eigenvalue weighted by Gasteiger charge is -2.06. The number of para-hydroxylation sites is 1. The summed E-state index contributed by atoms with van der Waals surface area (Å²) in [6.07, 6.45) is 1.82. The number of anilines is 1. The number of thiazole rings is 1. The van der Waals surface area contributed by atoms with Gasteiger partial charge in [0.25, 0.3) is 5.91 Å². The molecule has 2 aromatic carbocycles. The molecular formula is C18H12ClN3OS. The molecule has 1 aromatic heterocycles. The van der Waals surface area contributed by atoms with Gasteiger partial charge in [0.1, 0.15) is 0 Å². The predicted octanol–water partition coefficient (Wildman–Crippen LogP) is 4.76. The van der Waals surface area contributed by atoms with Gasteiger partial charge in [-0.1, -0.05) is 47.2 Å². The molecule has 0 saturated heterocycles. The van der Waals surface area contributed by atoms with E-state index in [0.29, 0.717) is 21.4 Å². The van der Waals surface area contributed by atoms with Crippen LogP contribution in [0.5, 0.6) is 0 Å². The zero-order valence-electron chi connectivity index (χ0n) is 12.7. The van der Waals surface area contributed by atoms with Crippen molar-refractivity contribution in [2.45, 2.75) is 6.92 Å². The Kier molecular flexibility index (Phi) is 3.67. The van der Waals surface area contributed by atoms with Gasteiger partial charge in [-0.2, -0.15) is 10.1 Å². The molecule has 1 aliphatic heterocycles. The lowest BCUT2D eigenvalue weighted by Crippen LogP contribution is -2.21. The van der Waals surface area contributed by atoms with Crippen molar-refractivity contribution in [2.75, 3.05) is 5.01 Å². The minimum atomic E-state index is -0.165. The summed E-state index contributed by atoms with van der Waals surface area (Å²) >= 11 is 7.35. The van der Waals surface area contributed by atoms with Crippen LogP contribution >= 0.6 is 22.9 Å². The summed E-state index contributed by atoms with van der Waals surface area (Å²) in [7, 11) is 0. The van der Waals surface area contributed by atoms with Crippen LogP contribution in [0.15, 0.2) is 59.2 Å². The van der Waals surface area contributed by atoms with E-state index in [2.05, 4.69) is 10.1 Å². The van der Waals surface area contributed by atoms with Gasteiger partial charge in [0.2, 0.25) is 5.13 Å². The number of hydrogen-bond acceptors (Lipinski definition) is 4. The van der Waals surface area contributed by atoms with Crippen LogP contribution in [0.4, 0.5) is 5.13 Å². The molecule has 0 atom stereocenters. The van der Waals surface area contributed by atoms with Crippen molar-refractivity contribution in [3.05, 3.63) is 64.7 Å². The minimum absolute atomic E-state index is 0.165. The predicted molar refractivity (Wildman–Crippen MR) is 99.6 cm³/mol. The molecule has 4 nitrogen and oxygen atoms in total. The first kappa shape index (κ1) is 15.1. The molecule has 0 saturated carbocycles. The van der Waals surface area contributed by atoms with Crippen LogP contribution in [0.2, 0.25) is 5.02 Å². The number of carbonyl (C=O) groups excluding carboxylic acids is 1.